The first-order valence-corrected chi connectivity index (χ1v) is 7.74. The van der Waals surface area contributed by atoms with Gasteiger partial charge in [-0.1, -0.05) is 6.07 Å². The first-order valence-electron chi connectivity index (χ1n) is 7.74. The number of benzene rings is 1. The minimum atomic E-state index is 0.852. The van der Waals surface area contributed by atoms with Gasteiger partial charge in [-0.15, -0.1) is 0 Å². The van der Waals surface area contributed by atoms with Crippen molar-refractivity contribution in [2.75, 3.05) is 6.54 Å². The summed E-state index contributed by atoms with van der Waals surface area (Å²) in [7, 11) is 0. The Morgan fingerprint density at radius 2 is 2.14 bits per heavy atom. The monoisotopic (exact) mass is 293 g/mol. The molecule has 0 saturated carbocycles. The van der Waals surface area contributed by atoms with Crippen LogP contribution in [0.4, 0.5) is 0 Å². The van der Waals surface area contributed by atoms with E-state index in [-0.39, 0.29) is 0 Å². The molecule has 0 radical (unpaired) electrons. The van der Waals surface area contributed by atoms with Crippen LogP contribution in [0.25, 0.3) is 11.0 Å². The zero-order valence-corrected chi connectivity index (χ0v) is 12.6. The topological polar surface area (TPSA) is 49.9 Å². The maximum Gasteiger partial charge on any atom is 0.141 e. The molecule has 0 saturated heterocycles. The number of aromatic nitrogens is 2. The lowest BCUT2D eigenvalue weighted by atomic mass is 10.0. The second-order valence-electron chi connectivity index (χ2n) is 5.82. The minimum absolute atomic E-state index is 0.852. The third kappa shape index (κ3) is 2.35. The predicted octanol–water partition coefficient (Wildman–Crippen LogP) is 3.70. The van der Waals surface area contributed by atoms with Gasteiger partial charge in [-0.2, -0.15) is 0 Å². The molecule has 3 aromatic rings. The summed E-state index contributed by atoms with van der Waals surface area (Å²) in [6, 6.07) is 8.34. The Bertz CT molecular complexity index is 822. The summed E-state index contributed by atoms with van der Waals surface area (Å²) < 4.78 is 6.15. The molecule has 0 unspecified atom stereocenters. The number of H-pyrrole nitrogens is 1. The Morgan fingerprint density at radius 3 is 3.09 bits per heavy atom. The highest BCUT2D eigenvalue weighted by Crippen LogP contribution is 2.32. The largest absolute Gasteiger partial charge is 0.457 e. The molecule has 2 aromatic heterocycles. The Labute approximate surface area is 129 Å². The highest BCUT2D eigenvalue weighted by Gasteiger charge is 2.11. The van der Waals surface area contributed by atoms with Crippen molar-refractivity contribution in [3.63, 3.8) is 0 Å². The second-order valence-corrected chi connectivity index (χ2v) is 5.82. The van der Waals surface area contributed by atoms with Crippen LogP contribution in [0.2, 0.25) is 0 Å². The van der Waals surface area contributed by atoms with Crippen LogP contribution in [0.1, 0.15) is 23.1 Å². The fourth-order valence-corrected chi connectivity index (χ4v) is 3.10. The minimum Gasteiger partial charge on any atom is -0.457 e. The first-order chi connectivity index (χ1) is 10.8. The van der Waals surface area contributed by atoms with E-state index in [1.165, 1.54) is 17.5 Å². The molecular weight excluding hydrogens is 274 g/mol. The number of ether oxygens (including phenoxy) is 1. The lowest BCUT2D eigenvalue weighted by molar-refractivity contribution is 0.486. The molecule has 0 aliphatic carbocycles. The van der Waals surface area contributed by atoms with E-state index < -0.39 is 0 Å². The van der Waals surface area contributed by atoms with E-state index in [1.807, 2.05) is 12.3 Å². The van der Waals surface area contributed by atoms with Gasteiger partial charge in [-0.3, -0.25) is 0 Å². The second kappa shape index (κ2) is 5.46. The van der Waals surface area contributed by atoms with Crippen LogP contribution in [0.3, 0.4) is 0 Å². The predicted molar refractivity (Wildman–Crippen MR) is 87.4 cm³/mol. The molecule has 0 fully saturated rings. The standard InChI is InChI=1S/C18H19N3O/c1-12-10-21-18-17(12)16(6-8-20-18)22-15-5-4-13-3-2-7-19-11-14(13)9-15/h4-6,8-10,19H,2-3,7,11H2,1H3,(H,20,21). The lowest BCUT2D eigenvalue weighted by Gasteiger charge is -2.11. The van der Waals surface area contributed by atoms with E-state index in [4.69, 9.17) is 4.74 Å². The summed E-state index contributed by atoms with van der Waals surface area (Å²) in [5.74, 6) is 1.74. The van der Waals surface area contributed by atoms with Gasteiger partial charge in [0.25, 0.3) is 0 Å². The number of nitrogens with one attached hydrogen (secondary N) is 2. The maximum absolute atomic E-state index is 6.15. The molecule has 1 aliphatic heterocycles. The van der Waals surface area contributed by atoms with E-state index in [0.717, 1.165) is 47.6 Å². The first kappa shape index (κ1) is 13.3. The van der Waals surface area contributed by atoms with Crippen molar-refractivity contribution in [3.05, 3.63) is 53.3 Å². The molecule has 112 valence electrons. The molecule has 2 N–H and O–H groups in total. The van der Waals surface area contributed by atoms with Gasteiger partial charge in [-0.05, 0) is 61.2 Å². The number of hydrogen-bond donors (Lipinski definition) is 2. The molecule has 4 heteroatoms. The van der Waals surface area contributed by atoms with Crippen LogP contribution >= 0.6 is 0 Å². The third-order valence-corrected chi connectivity index (χ3v) is 4.25. The Kier molecular flexibility index (Phi) is 3.31. The lowest BCUT2D eigenvalue weighted by Crippen LogP contribution is -2.11. The SMILES string of the molecule is Cc1c[nH]c2nccc(Oc3ccc4c(c3)CNCCC4)c12. The van der Waals surface area contributed by atoms with Gasteiger partial charge < -0.3 is 15.0 Å². The quantitative estimate of drug-likeness (QED) is 0.757. The summed E-state index contributed by atoms with van der Waals surface area (Å²) in [5.41, 5.74) is 4.78. The van der Waals surface area contributed by atoms with Gasteiger partial charge in [0.1, 0.15) is 17.1 Å². The summed E-state index contributed by atoms with van der Waals surface area (Å²) in [6.45, 7) is 4.06. The van der Waals surface area contributed by atoms with E-state index in [2.05, 4.69) is 40.4 Å². The van der Waals surface area contributed by atoms with Crippen LogP contribution in [0.15, 0.2) is 36.7 Å². The van der Waals surface area contributed by atoms with Crippen molar-refractivity contribution in [3.8, 4) is 11.5 Å². The number of pyridine rings is 1. The van der Waals surface area contributed by atoms with Crippen LogP contribution in [0.5, 0.6) is 11.5 Å². The maximum atomic E-state index is 6.15. The molecule has 3 heterocycles. The fourth-order valence-electron chi connectivity index (χ4n) is 3.10. The molecule has 0 amide bonds. The van der Waals surface area contributed by atoms with Gasteiger partial charge in [-0.25, -0.2) is 4.98 Å². The van der Waals surface area contributed by atoms with Crippen molar-refractivity contribution in [1.82, 2.24) is 15.3 Å². The molecule has 4 rings (SSSR count). The van der Waals surface area contributed by atoms with E-state index in [1.54, 1.807) is 6.20 Å². The third-order valence-electron chi connectivity index (χ3n) is 4.25. The fraction of sp³-hybridized carbons (Fsp3) is 0.278. The van der Waals surface area contributed by atoms with E-state index in [0.29, 0.717) is 0 Å². The summed E-state index contributed by atoms with van der Waals surface area (Å²) in [6.07, 6.45) is 6.07. The molecule has 22 heavy (non-hydrogen) atoms. The smallest absolute Gasteiger partial charge is 0.141 e. The number of nitrogens with zero attached hydrogens (tertiary/aromatic N) is 1. The number of hydrogen-bond acceptors (Lipinski definition) is 3. The van der Waals surface area contributed by atoms with Gasteiger partial charge in [0.15, 0.2) is 0 Å². The molecular formula is C18H19N3O. The van der Waals surface area contributed by atoms with Crippen molar-refractivity contribution in [2.45, 2.75) is 26.3 Å². The van der Waals surface area contributed by atoms with Gasteiger partial charge in [0.05, 0.1) is 5.39 Å². The molecule has 0 bridgehead atoms. The van der Waals surface area contributed by atoms with Crippen LogP contribution in [-0.4, -0.2) is 16.5 Å². The zero-order valence-electron chi connectivity index (χ0n) is 12.6. The molecule has 0 spiro atoms. The van der Waals surface area contributed by atoms with Gasteiger partial charge in [0, 0.05) is 18.9 Å². The normalized spacial score (nSPS) is 14.6. The summed E-state index contributed by atoms with van der Waals surface area (Å²) in [5, 5.41) is 4.51. The van der Waals surface area contributed by atoms with E-state index in [9.17, 15) is 0 Å². The number of rotatable bonds is 2. The summed E-state index contributed by atoms with van der Waals surface area (Å²) in [4.78, 5) is 7.51. The average molecular weight is 293 g/mol. The molecule has 4 nitrogen and oxygen atoms in total. The van der Waals surface area contributed by atoms with Crippen molar-refractivity contribution in [1.29, 1.82) is 0 Å². The number of aromatic amines is 1. The molecule has 1 aromatic carbocycles. The van der Waals surface area contributed by atoms with Crippen LogP contribution in [0, 0.1) is 6.92 Å². The number of fused-ring (bicyclic) bond motifs is 2. The van der Waals surface area contributed by atoms with Gasteiger partial charge >= 0.3 is 0 Å². The zero-order chi connectivity index (χ0) is 14.9. The number of aryl methyl sites for hydroxylation is 2. The van der Waals surface area contributed by atoms with E-state index >= 15 is 0 Å². The van der Waals surface area contributed by atoms with Gasteiger partial charge in [0.2, 0.25) is 0 Å². The highest BCUT2D eigenvalue weighted by molar-refractivity contribution is 5.86. The van der Waals surface area contributed by atoms with Crippen molar-refractivity contribution in [2.24, 2.45) is 0 Å². The Morgan fingerprint density at radius 1 is 1.18 bits per heavy atom. The molecule has 0 atom stereocenters. The average Bonchev–Trinajstić information content (AvgIpc) is 2.77. The van der Waals surface area contributed by atoms with Crippen molar-refractivity contribution < 1.29 is 4.74 Å². The Balaban J connectivity index is 1.71. The summed E-state index contributed by atoms with van der Waals surface area (Å²) >= 11 is 0. The van der Waals surface area contributed by atoms with Crippen LogP contribution in [-0.2, 0) is 13.0 Å². The van der Waals surface area contributed by atoms with Crippen LogP contribution < -0.4 is 10.1 Å². The molecule has 1 aliphatic rings. The van der Waals surface area contributed by atoms with Crippen molar-refractivity contribution >= 4 is 11.0 Å². The Hall–Kier alpha value is -2.33. The highest BCUT2D eigenvalue weighted by atomic mass is 16.5.